The fourth-order valence-corrected chi connectivity index (χ4v) is 1.90. The molecule has 0 saturated carbocycles. The molecule has 0 fully saturated rings. The van der Waals surface area contributed by atoms with E-state index in [1.54, 1.807) is 36.4 Å². The van der Waals surface area contributed by atoms with E-state index in [1.807, 2.05) is 6.07 Å². The van der Waals surface area contributed by atoms with E-state index in [2.05, 4.69) is 4.99 Å². The number of hydrogen-bond donors (Lipinski definition) is 1. The summed E-state index contributed by atoms with van der Waals surface area (Å²) in [5.41, 5.74) is 1.35. The van der Waals surface area contributed by atoms with Gasteiger partial charge >= 0.3 is 0 Å². The van der Waals surface area contributed by atoms with Crippen molar-refractivity contribution in [3.63, 3.8) is 0 Å². The lowest BCUT2D eigenvalue weighted by atomic mass is 10.2. The van der Waals surface area contributed by atoms with Crippen molar-refractivity contribution in [1.29, 1.82) is 0 Å². The van der Waals surface area contributed by atoms with Crippen LogP contribution < -0.4 is 5.43 Å². The highest BCUT2D eigenvalue weighted by Crippen LogP contribution is 2.18. The number of benzene rings is 2. The summed E-state index contributed by atoms with van der Waals surface area (Å²) in [6.45, 7) is 0. The van der Waals surface area contributed by atoms with Gasteiger partial charge in [-0.1, -0.05) is 18.2 Å². The van der Waals surface area contributed by atoms with Gasteiger partial charge in [0.1, 0.15) is 17.6 Å². The van der Waals surface area contributed by atoms with Crippen LogP contribution in [0.1, 0.15) is 5.56 Å². The first-order chi connectivity index (χ1) is 9.74. The standard InChI is InChI=1S/C16H11NO3/c18-13-5-3-4-12(8-13)17-9-11-10-20-15-7-2-1-6-14(15)16(11)19/h1-10,18H. The zero-order valence-corrected chi connectivity index (χ0v) is 10.5. The van der Waals surface area contributed by atoms with Crippen molar-refractivity contribution in [3.8, 4) is 5.75 Å². The summed E-state index contributed by atoms with van der Waals surface area (Å²) in [5.74, 6) is 0.130. The Kier molecular flexibility index (Phi) is 3.05. The first-order valence-corrected chi connectivity index (χ1v) is 6.08. The van der Waals surface area contributed by atoms with Crippen LogP contribution in [0.4, 0.5) is 5.69 Å². The summed E-state index contributed by atoms with van der Waals surface area (Å²) in [6, 6.07) is 13.5. The van der Waals surface area contributed by atoms with Crippen molar-refractivity contribution in [2.75, 3.05) is 0 Å². The summed E-state index contributed by atoms with van der Waals surface area (Å²) < 4.78 is 5.40. The van der Waals surface area contributed by atoms with Gasteiger partial charge in [0.05, 0.1) is 16.6 Å². The number of para-hydroxylation sites is 1. The normalized spacial score (nSPS) is 11.2. The number of aromatic hydroxyl groups is 1. The molecule has 0 radical (unpaired) electrons. The smallest absolute Gasteiger partial charge is 0.201 e. The maximum Gasteiger partial charge on any atom is 0.201 e. The van der Waals surface area contributed by atoms with Gasteiger partial charge in [0.15, 0.2) is 0 Å². The lowest BCUT2D eigenvalue weighted by Crippen LogP contribution is -2.07. The van der Waals surface area contributed by atoms with E-state index in [1.165, 1.54) is 18.5 Å². The molecule has 3 rings (SSSR count). The lowest BCUT2D eigenvalue weighted by molar-refractivity contribution is 0.475. The number of phenols is 1. The predicted molar refractivity (Wildman–Crippen MR) is 77.8 cm³/mol. The molecular formula is C16H11NO3. The zero-order valence-electron chi connectivity index (χ0n) is 10.5. The van der Waals surface area contributed by atoms with Gasteiger partial charge in [-0.3, -0.25) is 9.79 Å². The third-order valence-electron chi connectivity index (χ3n) is 2.89. The maximum atomic E-state index is 12.2. The predicted octanol–water partition coefficient (Wildman–Crippen LogP) is 3.25. The summed E-state index contributed by atoms with van der Waals surface area (Å²) in [6.07, 6.45) is 2.82. The molecule has 0 unspecified atom stereocenters. The van der Waals surface area contributed by atoms with Crippen LogP contribution in [0.3, 0.4) is 0 Å². The van der Waals surface area contributed by atoms with Gasteiger partial charge in [0.2, 0.25) is 5.43 Å². The minimum absolute atomic E-state index is 0.129. The first kappa shape index (κ1) is 12.2. The molecule has 2 aromatic carbocycles. The molecule has 0 bridgehead atoms. The largest absolute Gasteiger partial charge is 0.508 e. The quantitative estimate of drug-likeness (QED) is 0.723. The Balaban J connectivity index is 2.03. The van der Waals surface area contributed by atoms with Crippen molar-refractivity contribution < 1.29 is 9.52 Å². The van der Waals surface area contributed by atoms with Gasteiger partial charge in [-0.15, -0.1) is 0 Å². The van der Waals surface area contributed by atoms with Crippen LogP contribution in [0.15, 0.2) is 69.0 Å². The Morgan fingerprint density at radius 3 is 2.80 bits per heavy atom. The number of fused-ring (bicyclic) bond motifs is 1. The first-order valence-electron chi connectivity index (χ1n) is 6.08. The topological polar surface area (TPSA) is 62.8 Å². The SMILES string of the molecule is O=c1c(C=Nc2cccc(O)c2)coc2ccccc12. The fourth-order valence-electron chi connectivity index (χ4n) is 1.90. The average molecular weight is 265 g/mol. The highest BCUT2D eigenvalue weighted by Gasteiger charge is 2.04. The Morgan fingerprint density at radius 1 is 1.10 bits per heavy atom. The van der Waals surface area contributed by atoms with Crippen LogP contribution in [0, 0.1) is 0 Å². The van der Waals surface area contributed by atoms with Gasteiger partial charge in [-0.25, -0.2) is 0 Å². The molecule has 98 valence electrons. The summed E-state index contributed by atoms with van der Waals surface area (Å²) in [4.78, 5) is 16.4. The maximum absolute atomic E-state index is 12.2. The second kappa shape index (κ2) is 5.01. The van der Waals surface area contributed by atoms with Crippen molar-refractivity contribution in [3.05, 3.63) is 70.6 Å². The Labute approximate surface area is 114 Å². The molecule has 4 nitrogen and oxygen atoms in total. The van der Waals surface area contributed by atoms with Crippen molar-refractivity contribution in [1.82, 2.24) is 0 Å². The molecule has 0 spiro atoms. The van der Waals surface area contributed by atoms with Gasteiger partial charge in [-0.2, -0.15) is 0 Å². The Morgan fingerprint density at radius 2 is 1.95 bits per heavy atom. The second-order valence-electron chi connectivity index (χ2n) is 4.29. The molecule has 1 N–H and O–H groups in total. The molecule has 1 heterocycles. The number of hydrogen-bond acceptors (Lipinski definition) is 4. The van der Waals surface area contributed by atoms with Gasteiger partial charge in [0, 0.05) is 12.3 Å². The van der Waals surface area contributed by atoms with E-state index >= 15 is 0 Å². The van der Waals surface area contributed by atoms with E-state index in [0.29, 0.717) is 22.2 Å². The minimum Gasteiger partial charge on any atom is -0.508 e. The summed E-state index contributed by atoms with van der Waals surface area (Å²) in [7, 11) is 0. The van der Waals surface area contributed by atoms with E-state index in [4.69, 9.17) is 4.42 Å². The van der Waals surface area contributed by atoms with Crippen LogP contribution in [-0.2, 0) is 0 Å². The molecule has 1 aromatic heterocycles. The van der Waals surface area contributed by atoms with Crippen molar-refractivity contribution >= 4 is 22.9 Å². The van der Waals surface area contributed by atoms with E-state index in [-0.39, 0.29) is 11.2 Å². The second-order valence-corrected chi connectivity index (χ2v) is 4.29. The number of nitrogens with zero attached hydrogens (tertiary/aromatic N) is 1. The zero-order chi connectivity index (χ0) is 13.9. The van der Waals surface area contributed by atoms with Crippen LogP contribution in [0.5, 0.6) is 5.75 Å². The lowest BCUT2D eigenvalue weighted by Gasteiger charge is -1.98. The van der Waals surface area contributed by atoms with Crippen LogP contribution in [-0.4, -0.2) is 11.3 Å². The van der Waals surface area contributed by atoms with E-state index < -0.39 is 0 Å². The number of aliphatic imine (C=N–C) groups is 1. The third-order valence-corrected chi connectivity index (χ3v) is 2.89. The molecule has 0 aliphatic rings. The Bertz CT molecular complexity index is 849. The van der Waals surface area contributed by atoms with Crippen molar-refractivity contribution in [2.24, 2.45) is 4.99 Å². The molecule has 0 amide bonds. The van der Waals surface area contributed by atoms with Crippen molar-refractivity contribution in [2.45, 2.75) is 0 Å². The monoisotopic (exact) mass is 265 g/mol. The van der Waals surface area contributed by atoms with E-state index in [9.17, 15) is 9.90 Å². The number of phenolic OH excluding ortho intramolecular Hbond substituents is 1. The fraction of sp³-hybridized carbons (Fsp3) is 0. The highest BCUT2D eigenvalue weighted by molar-refractivity contribution is 5.87. The molecule has 3 aromatic rings. The minimum atomic E-state index is -0.129. The van der Waals surface area contributed by atoms with Crippen LogP contribution in [0.2, 0.25) is 0 Å². The summed E-state index contributed by atoms with van der Waals surface area (Å²) >= 11 is 0. The molecular weight excluding hydrogens is 254 g/mol. The summed E-state index contributed by atoms with van der Waals surface area (Å²) in [5, 5.41) is 9.87. The molecule has 0 atom stereocenters. The van der Waals surface area contributed by atoms with Gasteiger partial charge in [-0.05, 0) is 24.3 Å². The van der Waals surface area contributed by atoms with Crippen LogP contribution in [0.25, 0.3) is 11.0 Å². The number of rotatable bonds is 2. The highest BCUT2D eigenvalue weighted by atomic mass is 16.3. The molecule has 0 saturated heterocycles. The van der Waals surface area contributed by atoms with Gasteiger partial charge in [0.25, 0.3) is 0 Å². The third kappa shape index (κ3) is 2.31. The molecule has 20 heavy (non-hydrogen) atoms. The average Bonchev–Trinajstić information content (AvgIpc) is 2.47. The van der Waals surface area contributed by atoms with Gasteiger partial charge < -0.3 is 9.52 Å². The molecule has 0 aliphatic carbocycles. The molecule has 4 heteroatoms. The van der Waals surface area contributed by atoms with Crippen LogP contribution >= 0.6 is 0 Å². The molecule has 0 aliphatic heterocycles. The van der Waals surface area contributed by atoms with E-state index in [0.717, 1.165) is 0 Å². The Hall–Kier alpha value is -2.88.